The summed E-state index contributed by atoms with van der Waals surface area (Å²) in [6, 6.07) is 0.343. The summed E-state index contributed by atoms with van der Waals surface area (Å²) >= 11 is 1.60. The van der Waals surface area contributed by atoms with Gasteiger partial charge in [-0.15, -0.1) is 11.3 Å². The van der Waals surface area contributed by atoms with Gasteiger partial charge in [-0.2, -0.15) is 0 Å². The van der Waals surface area contributed by atoms with E-state index in [0.717, 1.165) is 29.4 Å². The van der Waals surface area contributed by atoms with Crippen LogP contribution in [0, 0.1) is 11.3 Å². The van der Waals surface area contributed by atoms with E-state index in [1.807, 2.05) is 22.2 Å². The Kier molecular flexibility index (Phi) is 4.76. The number of hydrogen-bond donors (Lipinski definition) is 1. The van der Waals surface area contributed by atoms with Crippen LogP contribution in [0.25, 0.3) is 4.96 Å². The van der Waals surface area contributed by atoms with Gasteiger partial charge in [-0.1, -0.05) is 27.2 Å². The SMILES string of the molecule is CCC(C)(C)C1CCC(NC(=O)Cc2cn3ccsc3n2)CC1. The Balaban J connectivity index is 1.48. The molecule has 23 heavy (non-hydrogen) atoms. The summed E-state index contributed by atoms with van der Waals surface area (Å²) in [5, 5.41) is 5.21. The summed E-state index contributed by atoms with van der Waals surface area (Å²) in [5.74, 6) is 0.898. The summed E-state index contributed by atoms with van der Waals surface area (Å²) in [6.45, 7) is 7.03. The van der Waals surface area contributed by atoms with Crippen LogP contribution >= 0.6 is 11.3 Å². The van der Waals surface area contributed by atoms with Gasteiger partial charge in [0.1, 0.15) is 0 Å². The second-order valence-electron chi connectivity index (χ2n) is 7.46. The molecule has 0 aromatic carbocycles. The van der Waals surface area contributed by atoms with E-state index >= 15 is 0 Å². The van der Waals surface area contributed by atoms with E-state index in [9.17, 15) is 4.79 Å². The summed E-state index contributed by atoms with van der Waals surface area (Å²) in [5.41, 5.74) is 1.28. The van der Waals surface area contributed by atoms with Crippen LogP contribution in [-0.4, -0.2) is 21.3 Å². The molecule has 1 saturated carbocycles. The Morgan fingerprint density at radius 3 is 2.78 bits per heavy atom. The smallest absolute Gasteiger partial charge is 0.226 e. The zero-order valence-corrected chi connectivity index (χ0v) is 15.2. The molecule has 2 heterocycles. The first-order valence-corrected chi connectivity index (χ1v) is 9.56. The molecule has 1 N–H and O–H groups in total. The van der Waals surface area contributed by atoms with Crippen LogP contribution in [0.15, 0.2) is 17.8 Å². The van der Waals surface area contributed by atoms with Crippen LogP contribution in [0.5, 0.6) is 0 Å². The number of carbonyl (C=O) groups is 1. The monoisotopic (exact) mass is 333 g/mol. The van der Waals surface area contributed by atoms with Crippen LogP contribution in [0.2, 0.25) is 0 Å². The molecule has 0 aliphatic heterocycles. The number of nitrogens with one attached hydrogen (secondary N) is 1. The molecule has 5 heteroatoms. The third-order valence-electron chi connectivity index (χ3n) is 5.59. The van der Waals surface area contributed by atoms with Crippen LogP contribution in [0.4, 0.5) is 0 Å². The molecule has 1 fully saturated rings. The van der Waals surface area contributed by atoms with Gasteiger partial charge in [-0.25, -0.2) is 4.98 Å². The molecule has 1 aliphatic rings. The lowest BCUT2D eigenvalue weighted by Crippen LogP contribution is -2.40. The Morgan fingerprint density at radius 2 is 2.13 bits per heavy atom. The number of nitrogens with zero attached hydrogens (tertiary/aromatic N) is 2. The standard InChI is InChI=1S/C18H27N3OS/c1-4-18(2,3)13-5-7-14(8-6-13)19-16(22)11-15-12-21-9-10-23-17(21)20-15/h9-10,12-14H,4-8,11H2,1-3H3,(H,19,22). The lowest BCUT2D eigenvalue weighted by Gasteiger charge is -2.39. The minimum atomic E-state index is 0.106. The maximum atomic E-state index is 12.3. The fraction of sp³-hybridized carbons (Fsp3) is 0.667. The second-order valence-corrected chi connectivity index (χ2v) is 8.33. The van der Waals surface area contributed by atoms with Crippen molar-refractivity contribution in [2.45, 2.75) is 65.3 Å². The van der Waals surface area contributed by atoms with Crippen LogP contribution < -0.4 is 5.32 Å². The molecular weight excluding hydrogens is 306 g/mol. The Bertz CT molecular complexity index is 636. The molecule has 0 radical (unpaired) electrons. The number of fused-ring (bicyclic) bond motifs is 1. The van der Waals surface area contributed by atoms with Gasteiger partial charge < -0.3 is 5.32 Å². The molecule has 3 rings (SSSR count). The average Bonchev–Trinajstić information content (AvgIpc) is 3.09. The number of aromatic nitrogens is 2. The van der Waals surface area contributed by atoms with Gasteiger partial charge >= 0.3 is 0 Å². The van der Waals surface area contributed by atoms with Gasteiger partial charge in [-0.05, 0) is 37.0 Å². The topological polar surface area (TPSA) is 46.4 Å². The third-order valence-corrected chi connectivity index (χ3v) is 6.36. The van der Waals surface area contributed by atoms with Gasteiger partial charge in [0.2, 0.25) is 5.91 Å². The largest absolute Gasteiger partial charge is 0.353 e. The third kappa shape index (κ3) is 3.77. The van der Waals surface area contributed by atoms with E-state index in [-0.39, 0.29) is 5.91 Å². The van der Waals surface area contributed by atoms with Crippen LogP contribution in [0.3, 0.4) is 0 Å². The van der Waals surface area contributed by atoms with E-state index < -0.39 is 0 Å². The minimum absolute atomic E-state index is 0.106. The van der Waals surface area contributed by atoms with Gasteiger partial charge in [-0.3, -0.25) is 9.20 Å². The molecule has 0 saturated heterocycles. The first kappa shape index (κ1) is 16.5. The maximum Gasteiger partial charge on any atom is 0.226 e. The zero-order valence-electron chi connectivity index (χ0n) is 14.3. The van der Waals surface area contributed by atoms with Gasteiger partial charge in [0.15, 0.2) is 4.96 Å². The molecule has 0 spiro atoms. The second kappa shape index (κ2) is 6.63. The molecule has 2 aromatic heterocycles. The molecule has 2 aromatic rings. The molecule has 1 aliphatic carbocycles. The fourth-order valence-electron chi connectivity index (χ4n) is 3.61. The van der Waals surface area contributed by atoms with Crippen LogP contribution in [0.1, 0.15) is 58.6 Å². The van der Waals surface area contributed by atoms with Crippen molar-refractivity contribution in [3.05, 3.63) is 23.5 Å². The van der Waals surface area contributed by atoms with Crippen molar-refractivity contribution in [2.75, 3.05) is 0 Å². The van der Waals surface area contributed by atoms with E-state index in [1.165, 1.54) is 19.3 Å². The number of imidazole rings is 1. The van der Waals surface area contributed by atoms with Gasteiger partial charge in [0.05, 0.1) is 12.1 Å². The van der Waals surface area contributed by atoms with Gasteiger partial charge in [0, 0.05) is 23.8 Å². The number of amides is 1. The van der Waals surface area contributed by atoms with E-state index in [0.29, 0.717) is 17.9 Å². The highest BCUT2D eigenvalue weighted by molar-refractivity contribution is 7.15. The van der Waals surface area contributed by atoms with Crippen molar-refractivity contribution in [3.63, 3.8) is 0 Å². The van der Waals surface area contributed by atoms with E-state index in [2.05, 4.69) is 31.1 Å². The molecular formula is C18H27N3OS. The highest BCUT2D eigenvalue weighted by Gasteiger charge is 2.32. The number of thiazole rings is 1. The highest BCUT2D eigenvalue weighted by Crippen LogP contribution is 2.40. The molecule has 1 amide bonds. The lowest BCUT2D eigenvalue weighted by molar-refractivity contribution is -0.121. The summed E-state index contributed by atoms with van der Waals surface area (Å²) in [4.78, 5) is 17.7. The lowest BCUT2D eigenvalue weighted by atomic mass is 9.69. The van der Waals surface area contributed by atoms with Crippen LogP contribution in [-0.2, 0) is 11.2 Å². The molecule has 0 bridgehead atoms. The minimum Gasteiger partial charge on any atom is -0.353 e. The Labute approximate surface area is 142 Å². The Morgan fingerprint density at radius 1 is 1.39 bits per heavy atom. The number of rotatable bonds is 5. The molecule has 0 unspecified atom stereocenters. The normalized spacial score (nSPS) is 22.4. The van der Waals surface area contributed by atoms with Crippen molar-refractivity contribution in [2.24, 2.45) is 11.3 Å². The summed E-state index contributed by atoms with van der Waals surface area (Å²) in [7, 11) is 0. The predicted octanol–water partition coefficient (Wildman–Crippen LogP) is 4.05. The zero-order chi connectivity index (χ0) is 16.4. The van der Waals surface area contributed by atoms with Crippen molar-refractivity contribution < 1.29 is 4.79 Å². The number of carbonyl (C=O) groups excluding carboxylic acids is 1. The van der Waals surface area contributed by atoms with Gasteiger partial charge in [0.25, 0.3) is 0 Å². The van der Waals surface area contributed by atoms with E-state index in [1.54, 1.807) is 11.3 Å². The first-order chi connectivity index (χ1) is 11.0. The van der Waals surface area contributed by atoms with Crippen molar-refractivity contribution in [3.8, 4) is 0 Å². The van der Waals surface area contributed by atoms with E-state index in [4.69, 9.17) is 0 Å². The molecule has 0 atom stereocenters. The first-order valence-electron chi connectivity index (χ1n) is 8.68. The quantitative estimate of drug-likeness (QED) is 0.897. The average molecular weight is 334 g/mol. The maximum absolute atomic E-state index is 12.3. The Hall–Kier alpha value is -1.36. The summed E-state index contributed by atoms with van der Waals surface area (Å²) < 4.78 is 1.98. The molecule has 4 nitrogen and oxygen atoms in total. The fourth-order valence-corrected chi connectivity index (χ4v) is 4.33. The van der Waals surface area contributed by atoms with Crippen molar-refractivity contribution >= 4 is 22.2 Å². The van der Waals surface area contributed by atoms with Crippen molar-refractivity contribution in [1.29, 1.82) is 0 Å². The summed E-state index contributed by atoms with van der Waals surface area (Å²) in [6.07, 6.45) is 10.2. The highest BCUT2D eigenvalue weighted by atomic mass is 32.1. The van der Waals surface area contributed by atoms with Crippen molar-refractivity contribution in [1.82, 2.24) is 14.7 Å². The molecule has 126 valence electrons. The predicted molar refractivity (Wildman–Crippen MR) is 94.7 cm³/mol. The number of hydrogen-bond acceptors (Lipinski definition) is 3.